The SMILES string of the molecule is CCn1ncc(NC(=O)c2ccnn2C(C)C(=O)O)c1C(=O)Nc1cccc(OC)c1. The van der Waals surface area contributed by atoms with E-state index in [1.807, 2.05) is 6.92 Å². The van der Waals surface area contributed by atoms with Crippen LogP contribution in [0.4, 0.5) is 11.4 Å². The van der Waals surface area contributed by atoms with Crippen LogP contribution in [0.1, 0.15) is 40.9 Å². The van der Waals surface area contributed by atoms with Gasteiger partial charge >= 0.3 is 5.97 Å². The largest absolute Gasteiger partial charge is 0.497 e. The van der Waals surface area contributed by atoms with Gasteiger partial charge in [0.1, 0.15) is 23.2 Å². The van der Waals surface area contributed by atoms with Crippen LogP contribution >= 0.6 is 0 Å². The van der Waals surface area contributed by atoms with Gasteiger partial charge in [0.25, 0.3) is 11.8 Å². The molecule has 0 saturated heterocycles. The van der Waals surface area contributed by atoms with Crippen LogP contribution in [0.15, 0.2) is 42.7 Å². The highest BCUT2D eigenvalue weighted by Gasteiger charge is 2.24. The molecule has 162 valence electrons. The molecule has 2 heterocycles. The number of carbonyl (C=O) groups is 3. The molecule has 0 aliphatic carbocycles. The third kappa shape index (κ3) is 4.55. The minimum absolute atomic E-state index is 0.0401. The van der Waals surface area contributed by atoms with E-state index in [9.17, 15) is 19.5 Å². The number of rotatable bonds is 8. The maximum absolute atomic E-state index is 12.9. The second-order valence-corrected chi connectivity index (χ2v) is 6.54. The number of nitrogens with zero attached hydrogens (tertiary/aromatic N) is 4. The summed E-state index contributed by atoms with van der Waals surface area (Å²) < 4.78 is 7.70. The maximum Gasteiger partial charge on any atom is 0.328 e. The van der Waals surface area contributed by atoms with E-state index >= 15 is 0 Å². The van der Waals surface area contributed by atoms with Gasteiger partial charge in [0.05, 0.1) is 19.0 Å². The second-order valence-electron chi connectivity index (χ2n) is 6.54. The molecule has 3 N–H and O–H groups in total. The lowest BCUT2D eigenvalue weighted by Gasteiger charge is -2.13. The summed E-state index contributed by atoms with van der Waals surface area (Å²) in [7, 11) is 1.52. The number of methoxy groups -OCH3 is 1. The Hall–Kier alpha value is -4.15. The van der Waals surface area contributed by atoms with Crippen molar-refractivity contribution in [2.24, 2.45) is 0 Å². The van der Waals surface area contributed by atoms with E-state index in [1.54, 1.807) is 24.3 Å². The molecule has 2 aromatic heterocycles. The quantitative estimate of drug-likeness (QED) is 0.502. The number of anilines is 2. The molecule has 0 fully saturated rings. The standard InChI is InChI=1S/C20H22N6O5/c1-4-25-17(19(28)23-13-6-5-7-14(10-13)31-3)15(11-22-25)24-18(27)16-8-9-21-26(16)12(2)20(29)30/h5-12H,4H2,1-3H3,(H,23,28)(H,24,27)(H,29,30). The minimum atomic E-state index is -1.13. The van der Waals surface area contributed by atoms with E-state index in [0.29, 0.717) is 18.0 Å². The number of aliphatic carboxylic acids is 1. The zero-order valence-electron chi connectivity index (χ0n) is 17.2. The van der Waals surface area contributed by atoms with Crippen molar-refractivity contribution in [1.29, 1.82) is 0 Å². The van der Waals surface area contributed by atoms with E-state index in [4.69, 9.17) is 4.74 Å². The van der Waals surface area contributed by atoms with Crippen molar-refractivity contribution in [3.05, 3.63) is 54.1 Å². The lowest BCUT2D eigenvalue weighted by Crippen LogP contribution is -2.25. The predicted octanol–water partition coefficient (Wildman–Crippen LogP) is 2.26. The number of hydrogen-bond donors (Lipinski definition) is 3. The summed E-state index contributed by atoms with van der Waals surface area (Å²) in [6, 6.07) is 7.21. The van der Waals surface area contributed by atoms with Gasteiger partial charge in [-0.05, 0) is 32.0 Å². The molecule has 0 spiro atoms. The summed E-state index contributed by atoms with van der Waals surface area (Å²) in [4.78, 5) is 37.0. The van der Waals surface area contributed by atoms with Gasteiger partial charge in [-0.3, -0.25) is 14.3 Å². The number of amides is 2. The van der Waals surface area contributed by atoms with Crippen LogP contribution < -0.4 is 15.4 Å². The summed E-state index contributed by atoms with van der Waals surface area (Å²) >= 11 is 0. The molecular formula is C20H22N6O5. The van der Waals surface area contributed by atoms with Crippen LogP contribution in [0, 0.1) is 0 Å². The van der Waals surface area contributed by atoms with Crippen molar-refractivity contribution in [2.75, 3.05) is 17.7 Å². The van der Waals surface area contributed by atoms with Gasteiger partial charge in [-0.2, -0.15) is 10.2 Å². The van der Waals surface area contributed by atoms with Crippen molar-refractivity contribution in [3.63, 3.8) is 0 Å². The fourth-order valence-electron chi connectivity index (χ4n) is 2.94. The normalized spacial score (nSPS) is 11.6. The Labute approximate surface area is 177 Å². The first-order valence-corrected chi connectivity index (χ1v) is 9.44. The number of aryl methyl sites for hydroxylation is 1. The molecule has 1 atom stereocenters. The van der Waals surface area contributed by atoms with Crippen molar-refractivity contribution in [2.45, 2.75) is 26.4 Å². The first kappa shape index (κ1) is 21.6. The molecule has 2 amide bonds. The highest BCUT2D eigenvalue weighted by atomic mass is 16.5. The summed E-state index contributed by atoms with van der Waals surface area (Å²) in [6.45, 7) is 3.61. The van der Waals surface area contributed by atoms with Crippen LogP contribution in [0.2, 0.25) is 0 Å². The molecule has 1 unspecified atom stereocenters. The van der Waals surface area contributed by atoms with Crippen molar-refractivity contribution in [1.82, 2.24) is 19.6 Å². The summed E-state index contributed by atoms with van der Waals surface area (Å²) in [5.74, 6) is -1.64. The molecule has 0 saturated carbocycles. The van der Waals surface area contributed by atoms with Crippen LogP contribution in [0.3, 0.4) is 0 Å². The summed E-state index contributed by atoms with van der Waals surface area (Å²) in [6.07, 6.45) is 2.70. The lowest BCUT2D eigenvalue weighted by atomic mass is 10.2. The molecule has 0 bridgehead atoms. The third-order valence-corrected chi connectivity index (χ3v) is 4.56. The Balaban J connectivity index is 1.86. The molecule has 31 heavy (non-hydrogen) atoms. The topological polar surface area (TPSA) is 140 Å². The molecule has 11 heteroatoms. The first-order valence-electron chi connectivity index (χ1n) is 9.44. The number of nitrogens with one attached hydrogen (secondary N) is 2. The van der Waals surface area contributed by atoms with Gasteiger partial charge in [-0.15, -0.1) is 0 Å². The van der Waals surface area contributed by atoms with Crippen LogP contribution in [0.25, 0.3) is 0 Å². The fraction of sp³-hybridized carbons (Fsp3) is 0.250. The summed E-state index contributed by atoms with van der Waals surface area (Å²) in [5, 5.41) is 22.7. The molecule has 1 aromatic carbocycles. The lowest BCUT2D eigenvalue weighted by molar-refractivity contribution is -0.140. The van der Waals surface area contributed by atoms with Gasteiger partial charge in [-0.1, -0.05) is 6.07 Å². The van der Waals surface area contributed by atoms with Crippen LogP contribution in [0.5, 0.6) is 5.75 Å². The van der Waals surface area contributed by atoms with Crippen molar-refractivity contribution >= 4 is 29.2 Å². The third-order valence-electron chi connectivity index (χ3n) is 4.56. The van der Waals surface area contributed by atoms with E-state index in [1.165, 1.54) is 37.2 Å². The molecule has 3 aromatic rings. The highest BCUT2D eigenvalue weighted by Crippen LogP contribution is 2.21. The minimum Gasteiger partial charge on any atom is -0.497 e. The Bertz CT molecular complexity index is 1120. The Morgan fingerprint density at radius 2 is 1.94 bits per heavy atom. The zero-order valence-corrected chi connectivity index (χ0v) is 17.2. The number of hydrogen-bond acceptors (Lipinski definition) is 6. The van der Waals surface area contributed by atoms with Crippen molar-refractivity contribution in [3.8, 4) is 5.75 Å². The smallest absolute Gasteiger partial charge is 0.328 e. The molecular weight excluding hydrogens is 404 g/mol. The second kappa shape index (κ2) is 9.11. The average Bonchev–Trinajstić information content (AvgIpc) is 3.40. The molecule has 3 rings (SSSR count). The number of aromatic nitrogens is 4. The molecule has 0 aliphatic heterocycles. The van der Waals surface area contributed by atoms with Gasteiger partial charge in [-0.25, -0.2) is 9.48 Å². The fourth-order valence-corrected chi connectivity index (χ4v) is 2.94. The zero-order chi connectivity index (χ0) is 22.5. The van der Waals surface area contributed by atoms with Crippen molar-refractivity contribution < 1.29 is 24.2 Å². The van der Waals surface area contributed by atoms with Crippen LogP contribution in [-0.4, -0.2) is 49.6 Å². The van der Waals surface area contributed by atoms with E-state index in [0.717, 1.165) is 4.68 Å². The molecule has 0 radical (unpaired) electrons. The monoisotopic (exact) mass is 426 g/mol. The van der Waals surface area contributed by atoms with E-state index < -0.39 is 23.8 Å². The van der Waals surface area contributed by atoms with E-state index in [-0.39, 0.29) is 17.1 Å². The Morgan fingerprint density at radius 3 is 2.61 bits per heavy atom. The Kier molecular flexibility index (Phi) is 6.34. The van der Waals surface area contributed by atoms with Crippen LogP contribution in [-0.2, 0) is 11.3 Å². The number of carboxylic acid groups (broad SMARTS) is 1. The molecule has 11 nitrogen and oxygen atoms in total. The maximum atomic E-state index is 12.9. The predicted molar refractivity (Wildman–Crippen MR) is 111 cm³/mol. The summed E-state index contributed by atoms with van der Waals surface area (Å²) in [5.41, 5.74) is 0.885. The highest BCUT2D eigenvalue weighted by molar-refractivity contribution is 6.11. The van der Waals surface area contributed by atoms with Gasteiger partial charge in [0, 0.05) is 24.5 Å². The number of benzene rings is 1. The number of carbonyl (C=O) groups excluding carboxylic acids is 2. The number of ether oxygens (including phenoxy) is 1. The van der Waals surface area contributed by atoms with Gasteiger partial charge < -0.3 is 20.5 Å². The van der Waals surface area contributed by atoms with Gasteiger partial charge in [0.15, 0.2) is 0 Å². The Morgan fingerprint density at radius 1 is 1.16 bits per heavy atom. The molecule has 0 aliphatic rings. The van der Waals surface area contributed by atoms with E-state index in [2.05, 4.69) is 20.8 Å². The van der Waals surface area contributed by atoms with Gasteiger partial charge in [0.2, 0.25) is 0 Å². The average molecular weight is 426 g/mol. The number of carboxylic acids is 1. The first-order chi connectivity index (χ1) is 14.8.